The standard InChI is InChI=1S/C9H11NO3/c1-5-3-4-6(11)7(8(5)10)9(12)13-2/h3-4,11H,10H2,1-2H3. The molecule has 0 amide bonds. The number of methoxy groups -OCH3 is 1. The van der Waals surface area contributed by atoms with Crippen molar-refractivity contribution in [2.24, 2.45) is 0 Å². The quantitative estimate of drug-likeness (QED) is 0.502. The summed E-state index contributed by atoms with van der Waals surface area (Å²) in [5, 5.41) is 9.34. The van der Waals surface area contributed by atoms with Gasteiger partial charge in [0.15, 0.2) is 0 Å². The van der Waals surface area contributed by atoms with Gasteiger partial charge in [-0.25, -0.2) is 4.79 Å². The number of benzene rings is 1. The number of phenolic OH excluding ortho intramolecular Hbond substituents is 1. The van der Waals surface area contributed by atoms with E-state index in [-0.39, 0.29) is 17.0 Å². The van der Waals surface area contributed by atoms with E-state index in [0.29, 0.717) is 0 Å². The second kappa shape index (κ2) is 3.35. The predicted molar refractivity (Wildman–Crippen MR) is 48.6 cm³/mol. The Bertz CT molecular complexity index is 347. The highest BCUT2D eigenvalue weighted by molar-refractivity contribution is 5.98. The second-order valence-electron chi connectivity index (χ2n) is 2.68. The molecular formula is C9H11NO3. The molecule has 1 aromatic rings. The third kappa shape index (κ3) is 1.56. The molecular weight excluding hydrogens is 170 g/mol. The summed E-state index contributed by atoms with van der Waals surface area (Å²) in [6, 6.07) is 3.05. The zero-order valence-electron chi connectivity index (χ0n) is 7.50. The number of rotatable bonds is 1. The predicted octanol–water partition coefficient (Wildman–Crippen LogP) is 1.07. The molecule has 0 unspecified atom stereocenters. The number of nitrogens with two attached hydrogens (primary N) is 1. The molecule has 4 nitrogen and oxygen atoms in total. The summed E-state index contributed by atoms with van der Waals surface area (Å²) in [6.45, 7) is 1.75. The molecule has 1 rings (SSSR count). The Morgan fingerprint density at radius 3 is 2.69 bits per heavy atom. The Hall–Kier alpha value is -1.71. The second-order valence-corrected chi connectivity index (χ2v) is 2.68. The van der Waals surface area contributed by atoms with E-state index in [1.807, 2.05) is 0 Å². The molecule has 0 spiro atoms. The fourth-order valence-electron chi connectivity index (χ4n) is 1.03. The lowest BCUT2D eigenvalue weighted by molar-refractivity contribution is 0.0598. The number of phenols is 1. The SMILES string of the molecule is COC(=O)c1c(O)ccc(C)c1N. The van der Waals surface area contributed by atoms with Crippen LogP contribution in [0.25, 0.3) is 0 Å². The maximum atomic E-state index is 11.1. The van der Waals surface area contributed by atoms with Gasteiger partial charge < -0.3 is 15.6 Å². The van der Waals surface area contributed by atoms with Crippen LogP contribution < -0.4 is 5.73 Å². The van der Waals surface area contributed by atoms with Gasteiger partial charge >= 0.3 is 5.97 Å². The minimum Gasteiger partial charge on any atom is -0.507 e. The molecule has 0 heterocycles. The summed E-state index contributed by atoms with van der Waals surface area (Å²) in [5.41, 5.74) is 6.62. The molecule has 0 aliphatic carbocycles. The number of carbonyl (C=O) groups excluding carboxylic acids is 1. The zero-order chi connectivity index (χ0) is 10.0. The van der Waals surface area contributed by atoms with E-state index in [0.717, 1.165) is 5.56 Å². The van der Waals surface area contributed by atoms with Gasteiger partial charge in [-0.2, -0.15) is 0 Å². The number of aryl methyl sites for hydroxylation is 1. The minimum absolute atomic E-state index is 0.0301. The van der Waals surface area contributed by atoms with Gasteiger partial charge in [0.1, 0.15) is 11.3 Å². The average Bonchev–Trinajstić information content (AvgIpc) is 2.12. The monoisotopic (exact) mass is 181 g/mol. The number of hydrogen-bond acceptors (Lipinski definition) is 4. The van der Waals surface area contributed by atoms with Crippen LogP contribution in [0.5, 0.6) is 5.75 Å². The van der Waals surface area contributed by atoms with Crippen LogP contribution in [0.1, 0.15) is 15.9 Å². The Kier molecular flexibility index (Phi) is 2.41. The summed E-state index contributed by atoms with van der Waals surface area (Å²) in [4.78, 5) is 11.1. The summed E-state index contributed by atoms with van der Waals surface area (Å²) in [7, 11) is 1.24. The number of carbonyl (C=O) groups is 1. The highest BCUT2D eigenvalue weighted by Gasteiger charge is 2.16. The van der Waals surface area contributed by atoms with Crippen molar-refractivity contribution >= 4 is 11.7 Å². The average molecular weight is 181 g/mol. The van der Waals surface area contributed by atoms with E-state index in [1.54, 1.807) is 13.0 Å². The molecule has 0 aliphatic heterocycles. The Balaban J connectivity index is 3.33. The Labute approximate surface area is 75.9 Å². The molecule has 0 saturated heterocycles. The lowest BCUT2D eigenvalue weighted by Crippen LogP contribution is -2.07. The van der Waals surface area contributed by atoms with Crippen LogP contribution in [-0.2, 0) is 4.74 Å². The number of ether oxygens (including phenoxy) is 1. The highest BCUT2D eigenvalue weighted by Crippen LogP contribution is 2.26. The largest absolute Gasteiger partial charge is 0.507 e. The summed E-state index contributed by atoms with van der Waals surface area (Å²) < 4.78 is 4.47. The van der Waals surface area contributed by atoms with Crippen LogP contribution in [0.15, 0.2) is 12.1 Å². The first kappa shape index (κ1) is 9.38. The summed E-state index contributed by atoms with van der Waals surface area (Å²) >= 11 is 0. The molecule has 0 radical (unpaired) electrons. The minimum atomic E-state index is -0.626. The maximum Gasteiger partial charge on any atom is 0.343 e. The van der Waals surface area contributed by atoms with E-state index >= 15 is 0 Å². The third-order valence-corrected chi connectivity index (χ3v) is 1.83. The van der Waals surface area contributed by atoms with Crippen LogP contribution >= 0.6 is 0 Å². The molecule has 0 fully saturated rings. The number of nitrogen functional groups attached to an aromatic ring is 1. The van der Waals surface area contributed by atoms with E-state index in [4.69, 9.17) is 5.73 Å². The van der Waals surface area contributed by atoms with Gasteiger partial charge in [-0.05, 0) is 18.6 Å². The van der Waals surface area contributed by atoms with E-state index in [1.165, 1.54) is 13.2 Å². The fraction of sp³-hybridized carbons (Fsp3) is 0.222. The van der Waals surface area contributed by atoms with Gasteiger partial charge in [0.05, 0.1) is 12.8 Å². The van der Waals surface area contributed by atoms with Crippen LogP contribution in [0.4, 0.5) is 5.69 Å². The lowest BCUT2D eigenvalue weighted by Gasteiger charge is -2.07. The van der Waals surface area contributed by atoms with Crippen molar-refractivity contribution in [3.8, 4) is 5.75 Å². The fourth-order valence-corrected chi connectivity index (χ4v) is 1.03. The van der Waals surface area contributed by atoms with Crippen molar-refractivity contribution < 1.29 is 14.6 Å². The summed E-state index contributed by atoms with van der Waals surface area (Å²) in [5.74, 6) is -0.784. The van der Waals surface area contributed by atoms with E-state index < -0.39 is 5.97 Å². The van der Waals surface area contributed by atoms with E-state index in [9.17, 15) is 9.90 Å². The van der Waals surface area contributed by atoms with Crippen molar-refractivity contribution in [2.45, 2.75) is 6.92 Å². The van der Waals surface area contributed by atoms with Gasteiger partial charge in [-0.3, -0.25) is 0 Å². The molecule has 13 heavy (non-hydrogen) atoms. The van der Waals surface area contributed by atoms with Crippen LogP contribution in [0.3, 0.4) is 0 Å². The molecule has 4 heteroatoms. The van der Waals surface area contributed by atoms with Gasteiger partial charge in [-0.1, -0.05) is 6.07 Å². The number of hydrogen-bond donors (Lipinski definition) is 2. The summed E-state index contributed by atoms with van der Waals surface area (Å²) in [6.07, 6.45) is 0. The molecule has 0 atom stereocenters. The Morgan fingerprint density at radius 1 is 1.54 bits per heavy atom. The zero-order valence-corrected chi connectivity index (χ0v) is 7.50. The van der Waals surface area contributed by atoms with Crippen LogP contribution in [0.2, 0.25) is 0 Å². The van der Waals surface area contributed by atoms with E-state index in [2.05, 4.69) is 4.74 Å². The maximum absolute atomic E-state index is 11.1. The highest BCUT2D eigenvalue weighted by atomic mass is 16.5. The van der Waals surface area contributed by atoms with Crippen molar-refractivity contribution in [3.05, 3.63) is 23.3 Å². The van der Waals surface area contributed by atoms with Gasteiger partial charge in [0, 0.05) is 0 Å². The van der Waals surface area contributed by atoms with Crippen molar-refractivity contribution in [3.63, 3.8) is 0 Å². The first-order valence-corrected chi connectivity index (χ1v) is 3.74. The van der Waals surface area contributed by atoms with Crippen molar-refractivity contribution in [1.29, 1.82) is 0 Å². The molecule has 0 bridgehead atoms. The van der Waals surface area contributed by atoms with Crippen LogP contribution in [-0.4, -0.2) is 18.2 Å². The number of esters is 1. The molecule has 70 valence electrons. The van der Waals surface area contributed by atoms with Gasteiger partial charge in [-0.15, -0.1) is 0 Å². The van der Waals surface area contributed by atoms with Crippen molar-refractivity contribution in [2.75, 3.05) is 12.8 Å². The normalized spacial score (nSPS) is 9.69. The van der Waals surface area contributed by atoms with Crippen molar-refractivity contribution in [1.82, 2.24) is 0 Å². The number of anilines is 1. The van der Waals surface area contributed by atoms with Gasteiger partial charge in [0.2, 0.25) is 0 Å². The molecule has 0 saturated carbocycles. The topological polar surface area (TPSA) is 72.5 Å². The third-order valence-electron chi connectivity index (χ3n) is 1.83. The molecule has 1 aromatic carbocycles. The number of aromatic hydroxyl groups is 1. The van der Waals surface area contributed by atoms with Gasteiger partial charge in [0.25, 0.3) is 0 Å². The first-order valence-electron chi connectivity index (χ1n) is 3.74. The lowest BCUT2D eigenvalue weighted by atomic mass is 10.1. The molecule has 0 aromatic heterocycles. The molecule has 3 N–H and O–H groups in total. The first-order chi connectivity index (χ1) is 6.07. The smallest absolute Gasteiger partial charge is 0.343 e. The van der Waals surface area contributed by atoms with Crippen LogP contribution in [0, 0.1) is 6.92 Å². The molecule has 0 aliphatic rings. The Morgan fingerprint density at radius 2 is 2.15 bits per heavy atom.